The molecule has 0 aliphatic carbocycles. The second-order valence-corrected chi connectivity index (χ2v) is 15.5. The van der Waals surface area contributed by atoms with E-state index in [1.807, 2.05) is 0 Å². The summed E-state index contributed by atoms with van der Waals surface area (Å²) in [4.78, 5) is 18.8. The lowest BCUT2D eigenvalue weighted by Gasteiger charge is -2.26. The molecule has 2 aliphatic heterocycles. The molecule has 5 nitrogen and oxygen atoms in total. The van der Waals surface area contributed by atoms with Gasteiger partial charge in [-0.05, 0) is 115 Å². The number of aromatic amines is 2. The highest BCUT2D eigenvalue weighted by Gasteiger charge is 2.24. The molecule has 55 heavy (non-hydrogen) atoms. The molecule has 0 saturated heterocycles. The van der Waals surface area contributed by atoms with Crippen molar-refractivity contribution in [1.82, 2.24) is 24.4 Å². The Morgan fingerprint density at radius 2 is 0.655 bits per heavy atom. The third-order valence-corrected chi connectivity index (χ3v) is 10.9. The van der Waals surface area contributed by atoms with Gasteiger partial charge < -0.3 is 9.97 Å². The van der Waals surface area contributed by atoms with Crippen LogP contribution in [-0.4, -0.2) is 41.1 Å². The number of hydrogen-bond donors (Lipinski definition) is 2. The van der Waals surface area contributed by atoms with Crippen molar-refractivity contribution in [2.45, 2.75) is 20.8 Å². The first-order chi connectivity index (χ1) is 26.7. The summed E-state index contributed by atoms with van der Waals surface area (Å²) < 4.78 is 0.660. The molecule has 0 spiro atoms. The average Bonchev–Trinajstić information content (AvgIpc) is 4.01. The van der Waals surface area contributed by atoms with E-state index in [0.29, 0.717) is 4.48 Å². The summed E-state index contributed by atoms with van der Waals surface area (Å²) in [5.74, 6) is 0. The lowest BCUT2D eigenvalue weighted by atomic mass is 9.99. The lowest BCUT2D eigenvalue weighted by Crippen LogP contribution is -2.35. The minimum absolute atomic E-state index is 0.660. The van der Waals surface area contributed by atoms with E-state index in [1.165, 1.54) is 22.4 Å². The number of aryl methyl sites for hydroxylation is 3. The molecule has 0 unspecified atom stereocenters. The highest BCUT2D eigenvalue weighted by molar-refractivity contribution is 6.01. The molecule has 2 N–H and O–H groups in total. The van der Waals surface area contributed by atoms with Crippen molar-refractivity contribution in [2.75, 3.05) is 21.1 Å². The molecule has 0 saturated carbocycles. The van der Waals surface area contributed by atoms with Crippen LogP contribution in [0.4, 0.5) is 5.69 Å². The Labute approximate surface area is 322 Å². The summed E-state index contributed by atoms with van der Waals surface area (Å²) in [5.41, 5.74) is 21.2. The van der Waals surface area contributed by atoms with Crippen molar-refractivity contribution in [2.24, 2.45) is 0 Å². The Balaban J connectivity index is 1.52. The summed E-state index contributed by atoms with van der Waals surface area (Å²) in [6, 6.07) is 43.3. The number of aromatic nitrogens is 4. The van der Waals surface area contributed by atoms with Crippen LogP contribution >= 0.6 is 0 Å². The van der Waals surface area contributed by atoms with Gasteiger partial charge in [-0.15, -0.1) is 0 Å². The number of fused-ring (bicyclic) bond motifs is 8. The van der Waals surface area contributed by atoms with Gasteiger partial charge >= 0.3 is 0 Å². The van der Waals surface area contributed by atoms with Gasteiger partial charge in [0.05, 0.1) is 43.9 Å². The molecule has 5 heterocycles. The summed E-state index contributed by atoms with van der Waals surface area (Å²) >= 11 is 0. The number of quaternary nitrogens is 1. The van der Waals surface area contributed by atoms with Gasteiger partial charge in [-0.1, -0.05) is 84.9 Å². The topological polar surface area (TPSA) is 57.4 Å². The van der Waals surface area contributed by atoms with E-state index >= 15 is 0 Å². The second kappa shape index (κ2) is 13.4. The van der Waals surface area contributed by atoms with Crippen molar-refractivity contribution >= 4 is 52.1 Å². The van der Waals surface area contributed by atoms with Crippen LogP contribution in [0.5, 0.6) is 0 Å². The SMILES string of the molecule is Cc1ccccc1-c1c2nc(c(-c3ccccc3C)c3ccc([nH]3)c(-c3ccccc3[N+](C)(C)C)c3nc(c(-c4ccccc4C)c4ccc1[nH]4)C=C3)C=C2. The normalized spacial score (nSPS) is 12.4. The third-order valence-electron chi connectivity index (χ3n) is 10.9. The van der Waals surface area contributed by atoms with E-state index in [2.05, 4.69) is 198 Å². The average molecular weight is 715 g/mol. The summed E-state index contributed by atoms with van der Waals surface area (Å²) in [7, 11) is 6.66. The van der Waals surface area contributed by atoms with Gasteiger partial charge in [-0.3, -0.25) is 4.48 Å². The lowest BCUT2D eigenvalue weighted by molar-refractivity contribution is 0.487. The Bertz CT molecular complexity index is 2850. The molecule has 3 aromatic heterocycles. The fraction of sp³-hybridized carbons (Fsp3) is 0.120. The standard InChI is InChI=1S/C50H44N5/c1-31-15-7-10-18-34(31)47-38-23-25-40(51-38)48(35-19-11-8-16-32(35)2)42-27-29-44(53-42)50(37-21-13-14-22-46(37)55(4,5)6)45-30-28-43(54-45)49(41-26-24-39(47)52-41)36-20-12-9-17-33(36)3/h7-30,51,54H,1-6H3/q+1. The monoisotopic (exact) mass is 714 g/mol. The van der Waals surface area contributed by atoms with Crippen LogP contribution in [0.1, 0.15) is 39.5 Å². The largest absolute Gasteiger partial charge is 0.354 e. The van der Waals surface area contributed by atoms with Crippen LogP contribution in [-0.2, 0) is 0 Å². The zero-order chi connectivity index (χ0) is 37.8. The quantitative estimate of drug-likeness (QED) is 0.174. The highest BCUT2D eigenvalue weighted by atomic mass is 15.3. The van der Waals surface area contributed by atoms with Crippen molar-refractivity contribution in [3.05, 3.63) is 161 Å². The van der Waals surface area contributed by atoms with E-state index in [0.717, 1.165) is 89.4 Å². The number of nitrogens with one attached hydrogen (secondary N) is 2. The zero-order valence-electron chi connectivity index (χ0n) is 32.2. The van der Waals surface area contributed by atoms with Crippen LogP contribution in [0.2, 0.25) is 0 Å². The number of para-hydroxylation sites is 1. The highest BCUT2D eigenvalue weighted by Crippen LogP contribution is 2.42. The van der Waals surface area contributed by atoms with E-state index in [1.54, 1.807) is 0 Å². The van der Waals surface area contributed by atoms with E-state index in [9.17, 15) is 0 Å². The maximum Gasteiger partial charge on any atom is 0.140 e. The second-order valence-electron chi connectivity index (χ2n) is 15.5. The van der Waals surface area contributed by atoms with Crippen LogP contribution in [0.15, 0.2) is 121 Å². The maximum absolute atomic E-state index is 5.53. The number of rotatable bonds is 5. The minimum atomic E-state index is 0.660. The fourth-order valence-corrected chi connectivity index (χ4v) is 8.17. The number of H-pyrrole nitrogens is 2. The van der Waals surface area contributed by atoms with Crippen molar-refractivity contribution in [3.8, 4) is 44.5 Å². The van der Waals surface area contributed by atoms with Gasteiger partial charge in [0.1, 0.15) is 5.69 Å². The maximum atomic E-state index is 5.53. The smallest absolute Gasteiger partial charge is 0.140 e. The van der Waals surface area contributed by atoms with Gasteiger partial charge in [0, 0.05) is 49.9 Å². The first-order valence-corrected chi connectivity index (χ1v) is 18.9. The van der Waals surface area contributed by atoms with E-state index in [4.69, 9.17) is 9.97 Å². The molecule has 9 rings (SSSR count). The minimum Gasteiger partial charge on any atom is -0.354 e. The molecule has 0 fully saturated rings. The van der Waals surface area contributed by atoms with Crippen LogP contribution in [0.25, 0.3) is 90.9 Å². The Hall–Kier alpha value is -6.56. The summed E-state index contributed by atoms with van der Waals surface area (Å²) in [5, 5.41) is 0. The van der Waals surface area contributed by atoms with Gasteiger partial charge in [0.15, 0.2) is 0 Å². The third kappa shape index (κ3) is 6.03. The molecular weight excluding hydrogens is 671 g/mol. The van der Waals surface area contributed by atoms with Crippen molar-refractivity contribution in [3.63, 3.8) is 0 Å². The summed E-state index contributed by atoms with van der Waals surface area (Å²) in [6.45, 7) is 6.52. The molecule has 7 aromatic rings. The molecular formula is C50H44N5+. The van der Waals surface area contributed by atoms with Crippen LogP contribution in [0, 0.1) is 20.8 Å². The van der Waals surface area contributed by atoms with Gasteiger partial charge in [-0.2, -0.15) is 0 Å². The number of benzene rings is 4. The molecule has 268 valence electrons. The van der Waals surface area contributed by atoms with Gasteiger partial charge in [0.25, 0.3) is 0 Å². The van der Waals surface area contributed by atoms with E-state index in [-0.39, 0.29) is 0 Å². The Morgan fingerprint density at radius 1 is 0.364 bits per heavy atom. The molecule has 0 radical (unpaired) electrons. The Kier molecular flexibility index (Phi) is 8.33. The van der Waals surface area contributed by atoms with Crippen LogP contribution < -0.4 is 4.48 Å². The van der Waals surface area contributed by atoms with Crippen LogP contribution in [0.3, 0.4) is 0 Å². The molecule has 0 amide bonds. The molecule has 8 bridgehead atoms. The summed E-state index contributed by atoms with van der Waals surface area (Å²) in [6.07, 6.45) is 8.70. The molecule has 5 heteroatoms. The first-order valence-electron chi connectivity index (χ1n) is 18.9. The van der Waals surface area contributed by atoms with Gasteiger partial charge in [0.2, 0.25) is 0 Å². The predicted octanol–water partition coefficient (Wildman–Crippen LogP) is 12.4. The first kappa shape index (κ1) is 34.2. The Morgan fingerprint density at radius 3 is 0.982 bits per heavy atom. The molecule has 2 aliphatic rings. The van der Waals surface area contributed by atoms with Crippen molar-refractivity contribution in [1.29, 1.82) is 0 Å². The fourth-order valence-electron chi connectivity index (χ4n) is 8.17. The number of hydrogen-bond acceptors (Lipinski definition) is 2. The number of nitrogens with zero attached hydrogens (tertiary/aromatic N) is 3. The van der Waals surface area contributed by atoms with Crippen molar-refractivity contribution < 1.29 is 0 Å². The van der Waals surface area contributed by atoms with E-state index < -0.39 is 0 Å². The molecule has 4 aromatic carbocycles. The zero-order valence-corrected chi connectivity index (χ0v) is 32.2. The molecule has 0 atom stereocenters. The van der Waals surface area contributed by atoms with Gasteiger partial charge in [-0.25, -0.2) is 9.97 Å². The predicted molar refractivity (Wildman–Crippen MR) is 234 cm³/mol.